The first kappa shape index (κ1) is 16.9. The number of ether oxygens (including phenoxy) is 1. The lowest BCUT2D eigenvalue weighted by Crippen LogP contribution is -2.19. The maximum absolute atomic E-state index is 12.8. The van der Waals surface area contributed by atoms with Crippen LogP contribution in [0.5, 0.6) is 5.75 Å². The van der Waals surface area contributed by atoms with Crippen LogP contribution in [0.2, 0.25) is 0 Å². The fraction of sp³-hybridized carbons (Fsp3) is 0.118. The molecule has 0 unspecified atom stereocenters. The van der Waals surface area contributed by atoms with Crippen LogP contribution in [0.1, 0.15) is 0 Å². The Morgan fingerprint density at radius 1 is 1.11 bits per heavy atom. The number of hydrogen-bond donors (Lipinski definition) is 1. The second kappa shape index (κ2) is 6.01. The minimum absolute atomic E-state index is 0.284. The monoisotopic (exact) mass is 375 g/mol. The van der Waals surface area contributed by atoms with Gasteiger partial charge in [-0.2, -0.15) is 10.2 Å². The quantitative estimate of drug-likeness (QED) is 0.597. The summed E-state index contributed by atoms with van der Waals surface area (Å²) in [4.78, 5) is 12.8. The lowest BCUT2D eigenvalue weighted by Gasteiger charge is -2.11. The highest BCUT2D eigenvalue weighted by Gasteiger charge is 2.31. The summed E-state index contributed by atoms with van der Waals surface area (Å²) in [6, 6.07) is 5.04. The topological polar surface area (TPSA) is 77.7 Å². The Labute approximate surface area is 149 Å². The van der Waals surface area contributed by atoms with Crippen molar-refractivity contribution < 1.29 is 17.9 Å². The number of fused-ring (bicyclic) bond motifs is 1. The van der Waals surface area contributed by atoms with Gasteiger partial charge in [0.05, 0.1) is 12.4 Å². The molecular formula is C17H12F3N5O2. The molecule has 0 aliphatic rings. The van der Waals surface area contributed by atoms with Crippen molar-refractivity contribution >= 4 is 10.9 Å². The van der Waals surface area contributed by atoms with Crippen molar-refractivity contribution in [1.29, 1.82) is 0 Å². The number of aromatic amines is 1. The first-order valence-electron chi connectivity index (χ1n) is 7.76. The van der Waals surface area contributed by atoms with Gasteiger partial charge in [0.2, 0.25) is 0 Å². The molecule has 0 atom stereocenters. The minimum atomic E-state index is -4.78. The van der Waals surface area contributed by atoms with Crippen molar-refractivity contribution in [3.8, 4) is 22.6 Å². The molecule has 1 aromatic carbocycles. The van der Waals surface area contributed by atoms with E-state index in [2.05, 4.69) is 20.0 Å². The molecule has 0 amide bonds. The largest absolute Gasteiger partial charge is 0.573 e. The third-order valence-electron chi connectivity index (χ3n) is 3.98. The Morgan fingerprint density at radius 2 is 1.85 bits per heavy atom. The standard InChI is InChI=1S/C17H12F3N5O2/c1-24-8-10(6-22-24)14-9-25(16(26)15-13(14)7-21-23-15)11-2-4-12(5-3-11)27-17(18,19)20/h2-9H,1H3,(H,21,23). The zero-order valence-corrected chi connectivity index (χ0v) is 13.9. The van der Waals surface area contributed by atoms with Crippen LogP contribution in [0.25, 0.3) is 27.7 Å². The SMILES string of the molecule is Cn1cc(-c2cn(-c3ccc(OC(F)(F)F)cc3)c(=O)c3[nH]ncc23)cn1. The second-order valence-electron chi connectivity index (χ2n) is 5.82. The molecule has 27 heavy (non-hydrogen) atoms. The van der Waals surface area contributed by atoms with E-state index in [0.29, 0.717) is 16.6 Å². The van der Waals surface area contributed by atoms with E-state index in [1.165, 1.54) is 16.7 Å². The molecule has 0 saturated carbocycles. The first-order valence-corrected chi connectivity index (χ1v) is 7.76. The van der Waals surface area contributed by atoms with Crippen molar-refractivity contribution in [2.75, 3.05) is 0 Å². The summed E-state index contributed by atoms with van der Waals surface area (Å²) >= 11 is 0. The number of nitrogens with zero attached hydrogens (tertiary/aromatic N) is 4. The van der Waals surface area contributed by atoms with Crippen molar-refractivity contribution in [3.05, 3.63) is 59.4 Å². The van der Waals surface area contributed by atoms with Gasteiger partial charge in [-0.15, -0.1) is 13.2 Å². The van der Waals surface area contributed by atoms with E-state index in [4.69, 9.17) is 0 Å². The molecule has 3 aromatic heterocycles. The van der Waals surface area contributed by atoms with E-state index in [1.54, 1.807) is 36.5 Å². The Morgan fingerprint density at radius 3 is 2.48 bits per heavy atom. The number of benzene rings is 1. The molecule has 10 heteroatoms. The van der Waals surface area contributed by atoms with Crippen molar-refractivity contribution in [2.45, 2.75) is 6.36 Å². The average molecular weight is 375 g/mol. The molecular weight excluding hydrogens is 363 g/mol. The fourth-order valence-corrected chi connectivity index (χ4v) is 2.82. The number of aryl methyl sites for hydroxylation is 1. The molecule has 4 aromatic rings. The van der Waals surface area contributed by atoms with Crippen molar-refractivity contribution in [3.63, 3.8) is 0 Å². The highest BCUT2D eigenvalue weighted by molar-refractivity contribution is 5.93. The smallest absolute Gasteiger partial charge is 0.406 e. The van der Waals surface area contributed by atoms with E-state index in [1.807, 2.05) is 0 Å². The first-order chi connectivity index (χ1) is 12.8. The maximum atomic E-state index is 12.8. The number of hydrogen-bond acceptors (Lipinski definition) is 4. The van der Waals surface area contributed by atoms with Gasteiger partial charge in [-0.3, -0.25) is 19.1 Å². The predicted octanol–water partition coefficient (Wildman–Crippen LogP) is 3.01. The molecule has 0 fully saturated rings. The third-order valence-corrected chi connectivity index (χ3v) is 3.98. The summed E-state index contributed by atoms with van der Waals surface area (Å²) < 4.78 is 43.8. The molecule has 138 valence electrons. The van der Waals surface area contributed by atoms with Gasteiger partial charge in [-0.1, -0.05) is 0 Å². The average Bonchev–Trinajstić information content (AvgIpc) is 3.24. The highest BCUT2D eigenvalue weighted by atomic mass is 19.4. The number of rotatable bonds is 3. The number of H-pyrrole nitrogens is 1. The fourth-order valence-electron chi connectivity index (χ4n) is 2.82. The Hall–Kier alpha value is -3.56. The van der Waals surface area contributed by atoms with Crippen LogP contribution in [-0.4, -0.2) is 30.9 Å². The summed E-state index contributed by atoms with van der Waals surface area (Å²) in [5, 5.41) is 11.4. The summed E-state index contributed by atoms with van der Waals surface area (Å²) in [7, 11) is 1.77. The van der Waals surface area contributed by atoms with Gasteiger partial charge in [0, 0.05) is 41.6 Å². The summed E-state index contributed by atoms with van der Waals surface area (Å²) in [5.74, 6) is -0.366. The van der Waals surface area contributed by atoms with E-state index in [9.17, 15) is 18.0 Å². The highest BCUT2D eigenvalue weighted by Crippen LogP contribution is 2.27. The van der Waals surface area contributed by atoms with Crippen LogP contribution in [0.4, 0.5) is 13.2 Å². The zero-order chi connectivity index (χ0) is 19.2. The van der Waals surface area contributed by atoms with Gasteiger partial charge in [0.25, 0.3) is 5.56 Å². The van der Waals surface area contributed by atoms with Crippen molar-refractivity contribution in [2.24, 2.45) is 7.05 Å². The predicted molar refractivity (Wildman–Crippen MR) is 90.6 cm³/mol. The lowest BCUT2D eigenvalue weighted by atomic mass is 10.1. The molecule has 0 spiro atoms. The molecule has 1 N–H and O–H groups in total. The Kier molecular flexibility index (Phi) is 3.76. The molecule has 0 saturated heterocycles. The van der Waals surface area contributed by atoms with E-state index in [0.717, 1.165) is 17.7 Å². The van der Waals surface area contributed by atoms with Crippen LogP contribution in [-0.2, 0) is 7.05 Å². The summed E-state index contributed by atoms with van der Waals surface area (Å²) in [6.45, 7) is 0. The maximum Gasteiger partial charge on any atom is 0.573 e. The Bertz CT molecular complexity index is 1170. The molecule has 0 radical (unpaired) electrons. The third kappa shape index (κ3) is 3.16. The molecule has 0 aliphatic carbocycles. The van der Waals surface area contributed by atoms with Gasteiger partial charge < -0.3 is 4.74 Å². The van der Waals surface area contributed by atoms with Crippen LogP contribution in [0.15, 0.2) is 53.8 Å². The normalized spacial score (nSPS) is 11.9. The minimum Gasteiger partial charge on any atom is -0.406 e. The summed E-state index contributed by atoms with van der Waals surface area (Å²) in [6.07, 6.45) is 1.81. The van der Waals surface area contributed by atoms with Gasteiger partial charge in [-0.25, -0.2) is 0 Å². The van der Waals surface area contributed by atoms with E-state index < -0.39 is 6.36 Å². The summed E-state index contributed by atoms with van der Waals surface area (Å²) in [5.41, 5.74) is 1.78. The van der Waals surface area contributed by atoms with E-state index >= 15 is 0 Å². The zero-order valence-electron chi connectivity index (χ0n) is 13.9. The number of nitrogens with one attached hydrogen (secondary N) is 1. The van der Waals surface area contributed by atoms with Crippen LogP contribution >= 0.6 is 0 Å². The van der Waals surface area contributed by atoms with Gasteiger partial charge in [0.1, 0.15) is 11.3 Å². The number of aromatic nitrogens is 5. The molecule has 0 bridgehead atoms. The number of alkyl halides is 3. The molecule has 7 nitrogen and oxygen atoms in total. The van der Waals surface area contributed by atoms with Gasteiger partial charge in [-0.05, 0) is 24.3 Å². The molecule has 0 aliphatic heterocycles. The van der Waals surface area contributed by atoms with Crippen LogP contribution in [0, 0.1) is 0 Å². The number of pyridine rings is 1. The second-order valence-corrected chi connectivity index (χ2v) is 5.82. The van der Waals surface area contributed by atoms with E-state index in [-0.39, 0.29) is 16.8 Å². The number of halogens is 3. The van der Waals surface area contributed by atoms with Gasteiger partial charge >= 0.3 is 6.36 Å². The Balaban J connectivity index is 1.85. The molecule has 4 rings (SSSR count). The van der Waals surface area contributed by atoms with Crippen LogP contribution in [0.3, 0.4) is 0 Å². The van der Waals surface area contributed by atoms with Crippen molar-refractivity contribution in [1.82, 2.24) is 24.5 Å². The molecule has 3 heterocycles. The lowest BCUT2D eigenvalue weighted by molar-refractivity contribution is -0.274. The van der Waals surface area contributed by atoms with Gasteiger partial charge in [0.15, 0.2) is 0 Å². The van der Waals surface area contributed by atoms with Crippen LogP contribution < -0.4 is 10.3 Å².